The van der Waals surface area contributed by atoms with Gasteiger partial charge in [0, 0.05) is 18.6 Å². The molecule has 0 radical (unpaired) electrons. The number of carbonyl (C=O) groups is 1. The molecule has 5 nitrogen and oxygen atoms in total. The Balaban J connectivity index is 2.23. The van der Waals surface area contributed by atoms with Crippen LogP contribution < -0.4 is 5.73 Å². The topological polar surface area (TPSA) is 72.1 Å². The fourth-order valence-corrected chi connectivity index (χ4v) is 2.43. The van der Waals surface area contributed by atoms with Crippen molar-refractivity contribution in [1.29, 1.82) is 0 Å². The molecule has 1 aromatic rings. The van der Waals surface area contributed by atoms with Gasteiger partial charge in [-0.15, -0.1) is 0 Å². The van der Waals surface area contributed by atoms with Crippen molar-refractivity contribution in [3.8, 4) is 0 Å². The van der Waals surface area contributed by atoms with E-state index in [9.17, 15) is 4.79 Å². The van der Waals surface area contributed by atoms with Crippen molar-refractivity contribution in [3.63, 3.8) is 0 Å². The Morgan fingerprint density at radius 2 is 2.17 bits per heavy atom. The molecule has 1 aliphatic rings. The van der Waals surface area contributed by atoms with Gasteiger partial charge in [-0.25, -0.2) is 0 Å². The molecule has 2 rings (SSSR count). The van der Waals surface area contributed by atoms with Crippen LogP contribution in [0.1, 0.15) is 41.5 Å². The minimum Gasteiger partial charge on any atom is -0.336 e. The highest BCUT2D eigenvalue weighted by atomic mass is 16.2. The van der Waals surface area contributed by atoms with Gasteiger partial charge in [-0.2, -0.15) is 10.2 Å². The van der Waals surface area contributed by atoms with Crippen molar-refractivity contribution in [3.05, 3.63) is 23.0 Å². The number of rotatable bonds is 1. The smallest absolute Gasteiger partial charge is 0.256 e. The zero-order valence-corrected chi connectivity index (χ0v) is 11.2. The van der Waals surface area contributed by atoms with Gasteiger partial charge in [0.05, 0.1) is 17.0 Å². The SMILES string of the molecule is Cc1cc(C(=O)N2CCC(N)CC2C)c(C)nn1. The number of nitrogens with two attached hydrogens (primary N) is 1. The Hall–Kier alpha value is -1.49. The Morgan fingerprint density at radius 3 is 2.83 bits per heavy atom. The van der Waals surface area contributed by atoms with Gasteiger partial charge in [0.25, 0.3) is 5.91 Å². The molecule has 0 saturated carbocycles. The van der Waals surface area contributed by atoms with E-state index >= 15 is 0 Å². The summed E-state index contributed by atoms with van der Waals surface area (Å²) in [6.45, 7) is 6.44. The number of hydrogen-bond acceptors (Lipinski definition) is 4. The Kier molecular flexibility index (Phi) is 3.61. The van der Waals surface area contributed by atoms with Crippen LogP contribution >= 0.6 is 0 Å². The van der Waals surface area contributed by atoms with Gasteiger partial charge in [-0.3, -0.25) is 4.79 Å². The van der Waals surface area contributed by atoms with Gasteiger partial charge in [-0.05, 0) is 39.7 Å². The van der Waals surface area contributed by atoms with E-state index in [1.165, 1.54) is 0 Å². The van der Waals surface area contributed by atoms with Crippen molar-refractivity contribution in [1.82, 2.24) is 15.1 Å². The number of aromatic nitrogens is 2. The van der Waals surface area contributed by atoms with E-state index in [1.807, 2.05) is 31.7 Å². The fraction of sp³-hybridized carbons (Fsp3) is 0.615. The first-order valence-electron chi connectivity index (χ1n) is 6.36. The minimum absolute atomic E-state index is 0.0462. The molecule has 2 heterocycles. The highest BCUT2D eigenvalue weighted by Crippen LogP contribution is 2.19. The van der Waals surface area contributed by atoms with Gasteiger partial charge >= 0.3 is 0 Å². The number of amides is 1. The zero-order chi connectivity index (χ0) is 13.3. The molecule has 2 unspecified atom stereocenters. The first-order chi connectivity index (χ1) is 8.49. The molecule has 1 saturated heterocycles. The van der Waals surface area contributed by atoms with E-state index in [4.69, 9.17) is 5.73 Å². The van der Waals surface area contributed by atoms with Gasteiger partial charge in [0.2, 0.25) is 0 Å². The summed E-state index contributed by atoms with van der Waals surface area (Å²) in [6, 6.07) is 2.21. The second-order valence-electron chi connectivity index (χ2n) is 5.12. The van der Waals surface area contributed by atoms with Gasteiger partial charge in [0.15, 0.2) is 0 Å². The first-order valence-corrected chi connectivity index (χ1v) is 6.36. The molecule has 2 N–H and O–H groups in total. The molecule has 0 aliphatic carbocycles. The Labute approximate surface area is 107 Å². The van der Waals surface area contributed by atoms with Crippen molar-refractivity contribution in [2.24, 2.45) is 5.73 Å². The quantitative estimate of drug-likeness (QED) is 0.806. The number of aryl methyl sites for hydroxylation is 2. The van der Waals surface area contributed by atoms with Crippen LogP contribution in [0.3, 0.4) is 0 Å². The normalized spacial score (nSPS) is 24.1. The van der Waals surface area contributed by atoms with Crippen molar-refractivity contribution < 1.29 is 4.79 Å². The summed E-state index contributed by atoms with van der Waals surface area (Å²) in [5.74, 6) is 0.0462. The van der Waals surface area contributed by atoms with Gasteiger partial charge in [-0.1, -0.05) is 0 Å². The monoisotopic (exact) mass is 248 g/mol. The van der Waals surface area contributed by atoms with E-state index in [0.29, 0.717) is 11.3 Å². The molecule has 0 spiro atoms. The zero-order valence-electron chi connectivity index (χ0n) is 11.2. The average molecular weight is 248 g/mol. The van der Waals surface area contributed by atoms with Crippen molar-refractivity contribution >= 4 is 5.91 Å². The van der Waals surface area contributed by atoms with Gasteiger partial charge < -0.3 is 10.6 Å². The summed E-state index contributed by atoms with van der Waals surface area (Å²) in [6.07, 6.45) is 1.73. The summed E-state index contributed by atoms with van der Waals surface area (Å²) in [7, 11) is 0. The first kappa shape index (κ1) is 13.0. The maximum atomic E-state index is 12.5. The third kappa shape index (κ3) is 2.51. The largest absolute Gasteiger partial charge is 0.336 e. The molecular formula is C13H20N4O. The third-order valence-corrected chi connectivity index (χ3v) is 3.51. The van der Waals surface area contributed by atoms with Crippen LogP contribution in [-0.4, -0.2) is 39.6 Å². The Bertz CT molecular complexity index is 460. The second-order valence-corrected chi connectivity index (χ2v) is 5.12. The van der Waals surface area contributed by atoms with E-state index in [2.05, 4.69) is 10.2 Å². The van der Waals surface area contributed by atoms with Crippen LogP contribution in [0.5, 0.6) is 0 Å². The maximum Gasteiger partial charge on any atom is 0.256 e. The highest BCUT2D eigenvalue weighted by Gasteiger charge is 2.28. The molecule has 1 aromatic heterocycles. The summed E-state index contributed by atoms with van der Waals surface area (Å²) >= 11 is 0. The summed E-state index contributed by atoms with van der Waals surface area (Å²) < 4.78 is 0. The summed E-state index contributed by atoms with van der Waals surface area (Å²) in [4.78, 5) is 14.4. The minimum atomic E-state index is 0.0462. The molecule has 5 heteroatoms. The standard InChI is InChI=1S/C13H20N4O/c1-8-6-12(10(3)16-15-8)13(18)17-5-4-11(14)7-9(17)2/h6,9,11H,4-5,7,14H2,1-3H3. The third-order valence-electron chi connectivity index (χ3n) is 3.51. The molecule has 0 aromatic carbocycles. The average Bonchev–Trinajstić information content (AvgIpc) is 2.31. The molecule has 1 fully saturated rings. The van der Waals surface area contributed by atoms with Crippen LogP contribution in [-0.2, 0) is 0 Å². The molecule has 18 heavy (non-hydrogen) atoms. The lowest BCUT2D eigenvalue weighted by Crippen LogP contribution is -2.48. The molecule has 1 aliphatic heterocycles. The van der Waals surface area contributed by atoms with Crippen LogP contribution in [0.25, 0.3) is 0 Å². The lowest BCUT2D eigenvalue weighted by molar-refractivity contribution is 0.0617. The molecular weight excluding hydrogens is 228 g/mol. The predicted octanol–water partition coefficient (Wildman–Crippen LogP) is 1.05. The summed E-state index contributed by atoms with van der Waals surface area (Å²) in [5, 5.41) is 7.97. The van der Waals surface area contributed by atoms with E-state index < -0.39 is 0 Å². The fourth-order valence-electron chi connectivity index (χ4n) is 2.43. The van der Waals surface area contributed by atoms with E-state index in [-0.39, 0.29) is 18.0 Å². The number of nitrogens with zero attached hydrogens (tertiary/aromatic N) is 3. The van der Waals surface area contributed by atoms with Crippen LogP contribution in [0.15, 0.2) is 6.07 Å². The van der Waals surface area contributed by atoms with Crippen LogP contribution in [0.4, 0.5) is 0 Å². The second kappa shape index (κ2) is 5.02. The number of carbonyl (C=O) groups excluding carboxylic acids is 1. The number of likely N-dealkylation sites (tertiary alicyclic amines) is 1. The van der Waals surface area contributed by atoms with E-state index in [1.54, 1.807) is 0 Å². The van der Waals surface area contributed by atoms with Gasteiger partial charge in [0.1, 0.15) is 0 Å². The maximum absolute atomic E-state index is 12.5. The lowest BCUT2D eigenvalue weighted by Gasteiger charge is -2.36. The molecule has 1 amide bonds. The van der Waals surface area contributed by atoms with Crippen molar-refractivity contribution in [2.45, 2.75) is 45.7 Å². The Morgan fingerprint density at radius 1 is 1.44 bits per heavy atom. The highest BCUT2D eigenvalue weighted by molar-refractivity contribution is 5.95. The van der Waals surface area contributed by atoms with E-state index in [0.717, 1.165) is 25.1 Å². The number of piperidine rings is 1. The lowest BCUT2D eigenvalue weighted by atomic mass is 9.98. The molecule has 2 atom stereocenters. The number of hydrogen-bond donors (Lipinski definition) is 1. The molecule has 98 valence electrons. The predicted molar refractivity (Wildman–Crippen MR) is 69.2 cm³/mol. The van der Waals surface area contributed by atoms with Crippen LogP contribution in [0.2, 0.25) is 0 Å². The summed E-state index contributed by atoms with van der Waals surface area (Å²) in [5.41, 5.74) is 8.03. The van der Waals surface area contributed by atoms with Crippen LogP contribution in [0, 0.1) is 13.8 Å². The molecule has 0 bridgehead atoms. The van der Waals surface area contributed by atoms with Crippen molar-refractivity contribution in [2.75, 3.05) is 6.54 Å².